The van der Waals surface area contributed by atoms with Crippen molar-refractivity contribution in [1.29, 1.82) is 0 Å². The van der Waals surface area contributed by atoms with E-state index in [1.54, 1.807) is 24.0 Å². The SMILES string of the molecule is Cl.Cl.NCC1CCCN1C(=O)c1csc(-c2cnccn2)n1. The summed E-state index contributed by atoms with van der Waals surface area (Å²) in [5.74, 6) is -0.0376. The van der Waals surface area contributed by atoms with Crippen LogP contribution >= 0.6 is 36.2 Å². The molecule has 1 amide bonds. The molecule has 1 aliphatic heterocycles. The molecule has 0 saturated carbocycles. The fourth-order valence-corrected chi connectivity index (χ4v) is 3.15. The third kappa shape index (κ3) is 3.73. The van der Waals surface area contributed by atoms with Crippen molar-refractivity contribution in [3.8, 4) is 10.7 Å². The quantitative estimate of drug-likeness (QED) is 0.903. The number of rotatable bonds is 3. The molecule has 3 heterocycles. The van der Waals surface area contributed by atoms with Crippen LogP contribution in [0.25, 0.3) is 10.7 Å². The van der Waals surface area contributed by atoms with Crippen molar-refractivity contribution in [2.75, 3.05) is 13.1 Å². The lowest BCUT2D eigenvalue weighted by atomic mass is 10.2. The maximum absolute atomic E-state index is 12.4. The Hall–Kier alpha value is -1.28. The van der Waals surface area contributed by atoms with Gasteiger partial charge in [0.1, 0.15) is 16.4 Å². The summed E-state index contributed by atoms with van der Waals surface area (Å²) in [7, 11) is 0. The predicted octanol–water partition coefficient (Wildman–Crippen LogP) is 2.01. The molecule has 1 aliphatic rings. The number of nitrogens with zero attached hydrogens (tertiary/aromatic N) is 4. The lowest BCUT2D eigenvalue weighted by Crippen LogP contribution is -2.40. The number of aromatic nitrogens is 3. The van der Waals surface area contributed by atoms with Crippen molar-refractivity contribution in [3.63, 3.8) is 0 Å². The van der Waals surface area contributed by atoms with Crippen LogP contribution in [-0.4, -0.2) is 44.9 Å². The highest BCUT2D eigenvalue weighted by Crippen LogP contribution is 2.24. The van der Waals surface area contributed by atoms with Gasteiger partial charge in [0, 0.05) is 36.9 Å². The van der Waals surface area contributed by atoms with Crippen LogP contribution in [0.5, 0.6) is 0 Å². The number of hydrogen-bond donors (Lipinski definition) is 1. The van der Waals surface area contributed by atoms with E-state index in [1.807, 2.05) is 4.90 Å². The number of halogens is 2. The van der Waals surface area contributed by atoms with Gasteiger partial charge >= 0.3 is 0 Å². The molecule has 3 rings (SSSR count). The molecule has 0 radical (unpaired) electrons. The van der Waals surface area contributed by atoms with Crippen LogP contribution in [0.1, 0.15) is 23.3 Å². The number of likely N-dealkylation sites (tertiary alicyclic amines) is 1. The molecule has 2 N–H and O–H groups in total. The van der Waals surface area contributed by atoms with Crippen molar-refractivity contribution in [2.45, 2.75) is 18.9 Å². The van der Waals surface area contributed by atoms with Crippen LogP contribution in [0.3, 0.4) is 0 Å². The van der Waals surface area contributed by atoms with Crippen LogP contribution in [-0.2, 0) is 0 Å². The zero-order valence-corrected chi connectivity index (χ0v) is 14.2. The predicted molar refractivity (Wildman–Crippen MR) is 90.7 cm³/mol. The molecule has 22 heavy (non-hydrogen) atoms. The lowest BCUT2D eigenvalue weighted by molar-refractivity contribution is 0.0736. The third-order valence-electron chi connectivity index (χ3n) is 3.42. The molecule has 2 aromatic heterocycles. The van der Waals surface area contributed by atoms with E-state index in [0.29, 0.717) is 22.9 Å². The van der Waals surface area contributed by atoms with E-state index in [1.165, 1.54) is 11.3 Å². The lowest BCUT2D eigenvalue weighted by Gasteiger charge is -2.22. The maximum Gasteiger partial charge on any atom is 0.273 e. The van der Waals surface area contributed by atoms with Gasteiger partial charge in [0.05, 0.1) is 6.20 Å². The minimum Gasteiger partial charge on any atom is -0.333 e. The highest BCUT2D eigenvalue weighted by Gasteiger charge is 2.29. The van der Waals surface area contributed by atoms with Gasteiger partial charge in [0.2, 0.25) is 0 Å². The third-order valence-corrected chi connectivity index (χ3v) is 4.28. The summed E-state index contributed by atoms with van der Waals surface area (Å²) in [4.78, 5) is 26.8. The molecule has 2 aromatic rings. The molecule has 0 aliphatic carbocycles. The molecule has 0 bridgehead atoms. The molecule has 1 saturated heterocycles. The van der Waals surface area contributed by atoms with E-state index in [-0.39, 0.29) is 36.8 Å². The second-order valence-corrected chi connectivity index (χ2v) is 5.52. The van der Waals surface area contributed by atoms with Crippen molar-refractivity contribution < 1.29 is 4.79 Å². The summed E-state index contributed by atoms with van der Waals surface area (Å²) in [6.45, 7) is 1.27. The molecular weight excluding hydrogens is 345 g/mol. The fraction of sp³-hybridized carbons (Fsp3) is 0.385. The van der Waals surface area contributed by atoms with Gasteiger partial charge in [0.25, 0.3) is 5.91 Å². The topological polar surface area (TPSA) is 85.0 Å². The molecule has 0 aromatic carbocycles. The smallest absolute Gasteiger partial charge is 0.273 e. The van der Waals surface area contributed by atoms with E-state index in [9.17, 15) is 4.79 Å². The first kappa shape index (κ1) is 18.8. The van der Waals surface area contributed by atoms with E-state index in [0.717, 1.165) is 19.4 Å². The van der Waals surface area contributed by atoms with Crippen LogP contribution in [0.4, 0.5) is 0 Å². The molecule has 6 nitrogen and oxygen atoms in total. The Labute approximate surface area is 145 Å². The standard InChI is InChI=1S/C13H15N5OS.2ClH/c14-6-9-2-1-5-18(9)13(19)11-8-20-12(17-11)10-7-15-3-4-16-10;;/h3-4,7-9H,1-2,5-6,14H2;2*1H. The van der Waals surface area contributed by atoms with Gasteiger partial charge in [-0.2, -0.15) is 0 Å². The first-order chi connectivity index (χ1) is 9.79. The van der Waals surface area contributed by atoms with E-state index in [2.05, 4.69) is 15.0 Å². The summed E-state index contributed by atoms with van der Waals surface area (Å²) >= 11 is 1.41. The summed E-state index contributed by atoms with van der Waals surface area (Å²) < 4.78 is 0. The highest BCUT2D eigenvalue weighted by molar-refractivity contribution is 7.13. The summed E-state index contributed by atoms with van der Waals surface area (Å²) in [5.41, 5.74) is 6.86. The first-order valence-electron chi connectivity index (χ1n) is 6.52. The highest BCUT2D eigenvalue weighted by atomic mass is 35.5. The first-order valence-corrected chi connectivity index (χ1v) is 7.40. The molecule has 1 fully saturated rings. The monoisotopic (exact) mass is 361 g/mol. The van der Waals surface area contributed by atoms with E-state index in [4.69, 9.17) is 5.73 Å². The average Bonchev–Trinajstić information content (AvgIpc) is 3.16. The Morgan fingerprint density at radius 3 is 2.91 bits per heavy atom. The van der Waals surface area contributed by atoms with Gasteiger partial charge in [-0.15, -0.1) is 36.2 Å². The van der Waals surface area contributed by atoms with Gasteiger partial charge in [-0.3, -0.25) is 14.8 Å². The Morgan fingerprint density at radius 1 is 1.41 bits per heavy atom. The second kappa shape index (κ2) is 8.38. The average molecular weight is 362 g/mol. The zero-order chi connectivity index (χ0) is 13.9. The Balaban J connectivity index is 0.00000121. The second-order valence-electron chi connectivity index (χ2n) is 4.66. The molecular formula is C13H17Cl2N5OS. The Kier molecular flexibility index (Phi) is 7.15. The van der Waals surface area contributed by atoms with E-state index >= 15 is 0 Å². The summed E-state index contributed by atoms with van der Waals surface area (Å²) in [6.07, 6.45) is 6.85. The van der Waals surface area contributed by atoms with Gasteiger partial charge in [-0.1, -0.05) is 0 Å². The fourth-order valence-electron chi connectivity index (χ4n) is 2.39. The van der Waals surface area contributed by atoms with Crippen molar-refractivity contribution in [2.24, 2.45) is 5.73 Å². The molecule has 1 atom stereocenters. The van der Waals surface area contributed by atoms with Crippen LogP contribution in [0.2, 0.25) is 0 Å². The van der Waals surface area contributed by atoms with Crippen LogP contribution in [0, 0.1) is 0 Å². The van der Waals surface area contributed by atoms with Gasteiger partial charge in [-0.25, -0.2) is 4.98 Å². The Morgan fingerprint density at radius 2 is 2.23 bits per heavy atom. The van der Waals surface area contributed by atoms with Crippen molar-refractivity contribution in [3.05, 3.63) is 29.7 Å². The van der Waals surface area contributed by atoms with Crippen molar-refractivity contribution in [1.82, 2.24) is 19.9 Å². The van der Waals surface area contributed by atoms with Crippen LogP contribution < -0.4 is 5.73 Å². The number of hydrogen-bond acceptors (Lipinski definition) is 6. The molecule has 120 valence electrons. The molecule has 9 heteroatoms. The summed E-state index contributed by atoms with van der Waals surface area (Å²) in [5, 5.41) is 2.49. The van der Waals surface area contributed by atoms with Crippen LogP contribution in [0.15, 0.2) is 24.0 Å². The maximum atomic E-state index is 12.4. The molecule has 1 unspecified atom stereocenters. The normalized spacial score (nSPS) is 16.8. The Bertz CT molecular complexity index is 609. The number of carbonyl (C=O) groups excluding carboxylic acids is 1. The van der Waals surface area contributed by atoms with Crippen molar-refractivity contribution >= 4 is 42.1 Å². The minimum atomic E-state index is -0.0376. The summed E-state index contributed by atoms with van der Waals surface area (Å²) in [6, 6.07) is 0.143. The van der Waals surface area contributed by atoms with Gasteiger partial charge < -0.3 is 10.6 Å². The van der Waals surface area contributed by atoms with Gasteiger partial charge in [-0.05, 0) is 12.8 Å². The number of nitrogens with two attached hydrogens (primary N) is 1. The van der Waals surface area contributed by atoms with E-state index < -0.39 is 0 Å². The number of thiazole rings is 1. The van der Waals surface area contributed by atoms with Gasteiger partial charge in [0.15, 0.2) is 0 Å². The zero-order valence-electron chi connectivity index (χ0n) is 11.7. The number of amides is 1. The molecule has 0 spiro atoms. The minimum absolute atomic E-state index is 0. The largest absolute Gasteiger partial charge is 0.333 e. The number of carbonyl (C=O) groups is 1.